The van der Waals surface area contributed by atoms with Gasteiger partial charge in [-0.15, -0.1) is 0 Å². The molecule has 0 radical (unpaired) electrons. The number of likely N-dealkylation sites (tertiary alicyclic amines) is 1. The molecule has 4 N–H and O–H groups in total. The third kappa shape index (κ3) is 4.03. The molecule has 1 fully saturated rings. The molecule has 0 bridgehead atoms. The summed E-state index contributed by atoms with van der Waals surface area (Å²) in [7, 11) is 0. The first-order valence-electron chi connectivity index (χ1n) is 7.69. The maximum Gasteiger partial charge on any atom is 0.331 e. The fourth-order valence-corrected chi connectivity index (χ4v) is 3.31. The van der Waals surface area contributed by atoms with Crippen molar-refractivity contribution in [1.82, 2.24) is 4.90 Å². The van der Waals surface area contributed by atoms with Gasteiger partial charge < -0.3 is 20.7 Å². The van der Waals surface area contributed by atoms with E-state index in [1.54, 1.807) is 0 Å². The van der Waals surface area contributed by atoms with E-state index in [4.69, 9.17) is 15.6 Å². The Kier molecular flexibility index (Phi) is 5.75. The average molecular weight is 298 g/mol. The summed E-state index contributed by atoms with van der Waals surface area (Å²) in [6.45, 7) is 4.18. The Hall–Kier alpha value is -0.950. The minimum Gasteiger partial charge on any atom is -0.478 e. The number of aliphatic hydroxyl groups is 1. The van der Waals surface area contributed by atoms with E-state index in [-0.39, 0.29) is 30.7 Å². The quantitative estimate of drug-likeness (QED) is 0.671. The van der Waals surface area contributed by atoms with Gasteiger partial charge in [-0.3, -0.25) is 4.90 Å². The first-order valence-corrected chi connectivity index (χ1v) is 7.69. The zero-order chi connectivity index (χ0) is 15.4. The SMILES string of the molecule is C[C@H]1[C@H](N2CCC[C@H](OCCO)C2)C=C(C(=O)O)C[C@@H]1N. The zero-order valence-electron chi connectivity index (χ0n) is 12.6. The predicted octanol–water partition coefficient (Wildman–Crippen LogP) is 0.206. The van der Waals surface area contributed by atoms with Crippen molar-refractivity contribution >= 4 is 5.97 Å². The van der Waals surface area contributed by atoms with Crippen molar-refractivity contribution in [3.8, 4) is 0 Å². The van der Waals surface area contributed by atoms with Crippen LogP contribution in [-0.2, 0) is 9.53 Å². The summed E-state index contributed by atoms with van der Waals surface area (Å²) in [5.74, 6) is -0.642. The monoisotopic (exact) mass is 298 g/mol. The van der Waals surface area contributed by atoms with Crippen LogP contribution in [0.5, 0.6) is 0 Å². The highest BCUT2D eigenvalue weighted by atomic mass is 16.5. The van der Waals surface area contributed by atoms with Crippen molar-refractivity contribution in [3.05, 3.63) is 11.6 Å². The Labute approximate surface area is 125 Å². The van der Waals surface area contributed by atoms with E-state index in [9.17, 15) is 9.90 Å². The van der Waals surface area contributed by atoms with Gasteiger partial charge in [-0.25, -0.2) is 4.79 Å². The predicted molar refractivity (Wildman–Crippen MR) is 78.9 cm³/mol. The molecule has 0 aromatic rings. The summed E-state index contributed by atoms with van der Waals surface area (Å²) in [6.07, 6.45) is 4.41. The molecule has 2 aliphatic rings. The summed E-state index contributed by atoms with van der Waals surface area (Å²) < 4.78 is 5.63. The number of carboxylic acids is 1. The lowest BCUT2D eigenvalue weighted by Gasteiger charge is -2.43. The van der Waals surface area contributed by atoms with E-state index in [0.29, 0.717) is 18.6 Å². The van der Waals surface area contributed by atoms with E-state index >= 15 is 0 Å². The number of nitrogens with two attached hydrogens (primary N) is 1. The normalized spacial score (nSPS) is 34.5. The van der Waals surface area contributed by atoms with Gasteiger partial charge >= 0.3 is 5.97 Å². The van der Waals surface area contributed by atoms with Crippen LogP contribution in [0.4, 0.5) is 0 Å². The molecule has 0 spiro atoms. The lowest BCUT2D eigenvalue weighted by atomic mass is 9.81. The number of piperidine rings is 1. The second-order valence-electron chi connectivity index (χ2n) is 6.07. The molecule has 6 heteroatoms. The van der Waals surface area contributed by atoms with E-state index in [1.165, 1.54) is 0 Å². The van der Waals surface area contributed by atoms with Crippen molar-refractivity contribution in [2.24, 2.45) is 11.7 Å². The smallest absolute Gasteiger partial charge is 0.331 e. The van der Waals surface area contributed by atoms with Crippen molar-refractivity contribution < 1.29 is 19.7 Å². The summed E-state index contributed by atoms with van der Waals surface area (Å²) in [5.41, 5.74) is 6.54. The summed E-state index contributed by atoms with van der Waals surface area (Å²) in [5, 5.41) is 18.1. The van der Waals surface area contributed by atoms with Gasteiger partial charge in [0.25, 0.3) is 0 Å². The second kappa shape index (κ2) is 7.35. The molecule has 0 saturated carbocycles. The molecular weight excluding hydrogens is 272 g/mol. The first kappa shape index (κ1) is 16.4. The van der Waals surface area contributed by atoms with Crippen molar-refractivity contribution in [2.45, 2.75) is 44.4 Å². The van der Waals surface area contributed by atoms with Crippen LogP contribution in [-0.4, -0.2) is 65.6 Å². The maximum absolute atomic E-state index is 11.2. The molecule has 1 aliphatic carbocycles. The van der Waals surface area contributed by atoms with E-state index in [1.807, 2.05) is 6.08 Å². The molecule has 1 saturated heterocycles. The topological polar surface area (TPSA) is 96.0 Å². The maximum atomic E-state index is 11.2. The largest absolute Gasteiger partial charge is 0.478 e. The third-order valence-electron chi connectivity index (χ3n) is 4.59. The number of nitrogens with zero attached hydrogens (tertiary/aromatic N) is 1. The molecule has 2 rings (SSSR count). The minimum absolute atomic E-state index is 0.0320. The van der Waals surface area contributed by atoms with Crippen LogP contribution in [0.15, 0.2) is 11.6 Å². The molecule has 0 aromatic heterocycles. The van der Waals surface area contributed by atoms with Crippen LogP contribution in [0, 0.1) is 5.92 Å². The van der Waals surface area contributed by atoms with E-state index in [2.05, 4.69) is 11.8 Å². The van der Waals surface area contributed by atoms with Gasteiger partial charge in [0.1, 0.15) is 0 Å². The van der Waals surface area contributed by atoms with E-state index in [0.717, 1.165) is 25.9 Å². The van der Waals surface area contributed by atoms with Crippen LogP contribution in [0.3, 0.4) is 0 Å². The van der Waals surface area contributed by atoms with Gasteiger partial charge in [-0.1, -0.05) is 13.0 Å². The molecule has 120 valence electrons. The van der Waals surface area contributed by atoms with Crippen molar-refractivity contribution in [2.75, 3.05) is 26.3 Å². The molecule has 0 aromatic carbocycles. The minimum atomic E-state index is -0.868. The third-order valence-corrected chi connectivity index (χ3v) is 4.59. The fraction of sp³-hybridized carbons (Fsp3) is 0.800. The Morgan fingerprint density at radius 1 is 1.57 bits per heavy atom. The van der Waals surface area contributed by atoms with Gasteiger partial charge in [0.05, 0.1) is 19.3 Å². The summed E-state index contributed by atoms with van der Waals surface area (Å²) >= 11 is 0. The Morgan fingerprint density at radius 3 is 3.00 bits per heavy atom. The lowest BCUT2D eigenvalue weighted by molar-refractivity contribution is -0.133. The van der Waals surface area contributed by atoms with Gasteiger partial charge in [0.15, 0.2) is 0 Å². The second-order valence-corrected chi connectivity index (χ2v) is 6.07. The molecule has 21 heavy (non-hydrogen) atoms. The van der Waals surface area contributed by atoms with Crippen LogP contribution in [0.2, 0.25) is 0 Å². The van der Waals surface area contributed by atoms with Crippen molar-refractivity contribution in [3.63, 3.8) is 0 Å². The standard InChI is InChI=1S/C15H26N2O4/c1-10-13(16)7-11(15(19)20)8-14(10)17-4-2-3-12(9-17)21-6-5-18/h8,10,12-14,18H,2-7,9,16H2,1H3,(H,19,20)/t10-,12+,13+,14-/m1/s1. The highest BCUT2D eigenvalue weighted by molar-refractivity contribution is 5.87. The molecule has 0 unspecified atom stereocenters. The van der Waals surface area contributed by atoms with Crippen LogP contribution < -0.4 is 5.73 Å². The van der Waals surface area contributed by atoms with Gasteiger partial charge in [-0.05, 0) is 31.7 Å². The number of ether oxygens (including phenoxy) is 1. The highest BCUT2D eigenvalue weighted by Gasteiger charge is 2.35. The van der Waals surface area contributed by atoms with Gasteiger partial charge in [0, 0.05) is 24.2 Å². The Bertz CT molecular complexity index is 399. The molecule has 4 atom stereocenters. The number of carbonyl (C=O) groups is 1. The molecule has 1 aliphatic heterocycles. The Morgan fingerprint density at radius 2 is 2.33 bits per heavy atom. The molecular formula is C15H26N2O4. The lowest BCUT2D eigenvalue weighted by Crippen LogP contribution is -2.52. The number of carboxylic acid groups (broad SMARTS) is 1. The van der Waals surface area contributed by atoms with Gasteiger partial charge in [-0.2, -0.15) is 0 Å². The summed E-state index contributed by atoms with van der Waals surface area (Å²) in [6, 6.07) is -0.0646. The fourth-order valence-electron chi connectivity index (χ4n) is 3.31. The number of aliphatic hydroxyl groups excluding tert-OH is 1. The zero-order valence-corrected chi connectivity index (χ0v) is 12.6. The average Bonchev–Trinajstić information content (AvgIpc) is 2.47. The molecule has 6 nitrogen and oxygen atoms in total. The number of hydrogen-bond donors (Lipinski definition) is 3. The van der Waals surface area contributed by atoms with Crippen LogP contribution in [0.1, 0.15) is 26.2 Å². The van der Waals surface area contributed by atoms with Crippen LogP contribution in [0.25, 0.3) is 0 Å². The summed E-state index contributed by atoms with van der Waals surface area (Å²) in [4.78, 5) is 13.5. The van der Waals surface area contributed by atoms with Crippen LogP contribution >= 0.6 is 0 Å². The Balaban J connectivity index is 2.07. The number of hydrogen-bond acceptors (Lipinski definition) is 5. The first-order chi connectivity index (χ1) is 10.0. The van der Waals surface area contributed by atoms with E-state index < -0.39 is 5.97 Å². The van der Waals surface area contributed by atoms with Crippen molar-refractivity contribution in [1.29, 1.82) is 0 Å². The number of aliphatic carboxylic acids is 1. The molecule has 0 amide bonds. The highest BCUT2D eigenvalue weighted by Crippen LogP contribution is 2.29. The van der Waals surface area contributed by atoms with Gasteiger partial charge in [0.2, 0.25) is 0 Å². The molecule has 1 heterocycles. The number of rotatable bonds is 5.